The predicted octanol–water partition coefficient (Wildman–Crippen LogP) is 2.18. The van der Waals surface area contributed by atoms with Gasteiger partial charge in [0.1, 0.15) is 0 Å². The van der Waals surface area contributed by atoms with Crippen LogP contribution in [0, 0.1) is 0 Å². The lowest BCUT2D eigenvalue weighted by molar-refractivity contribution is -0.137. The van der Waals surface area contributed by atoms with Crippen molar-refractivity contribution in [2.45, 2.75) is 6.18 Å². The molecule has 21 heavy (non-hydrogen) atoms. The van der Waals surface area contributed by atoms with Crippen molar-refractivity contribution in [1.82, 2.24) is 14.7 Å². The fraction of sp³-hybridized carbons (Fsp3) is 0.231. The average Bonchev–Trinajstić information content (AvgIpc) is 2.87. The Hall–Kier alpha value is -2.51. The van der Waals surface area contributed by atoms with Crippen LogP contribution in [0.25, 0.3) is 5.69 Å². The fourth-order valence-electron chi connectivity index (χ4n) is 1.76. The van der Waals surface area contributed by atoms with E-state index in [9.17, 15) is 18.0 Å². The zero-order chi connectivity index (χ0) is 15.8. The van der Waals surface area contributed by atoms with Crippen molar-refractivity contribution < 1.29 is 18.0 Å². The molecule has 1 heterocycles. The van der Waals surface area contributed by atoms with Gasteiger partial charge in [-0.1, -0.05) is 0 Å². The normalized spacial score (nSPS) is 11.5. The molecule has 0 aliphatic rings. The van der Waals surface area contributed by atoms with E-state index in [2.05, 4.69) is 5.10 Å². The Kier molecular flexibility index (Phi) is 3.63. The molecule has 5 nitrogen and oxygen atoms in total. The quantitative estimate of drug-likeness (QED) is 0.864. The van der Waals surface area contributed by atoms with Gasteiger partial charge in [-0.3, -0.25) is 4.79 Å². The minimum absolute atomic E-state index is 0.198. The van der Waals surface area contributed by atoms with Crippen LogP contribution in [0.2, 0.25) is 0 Å². The van der Waals surface area contributed by atoms with Gasteiger partial charge in [0, 0.05) is 26.0 Å². The Balaban J connectivity index is 2.55. The Morgan fingerprint density at radius 3 is 2.52 bits per heavy atom. The van der Waals surface area contributed by atoms with Crippen molar-refractivity contribution in [3.8, 4) is 5.69 Å². The molecule has 1 aromatic heterocycles. The number of amides is 1. The molecule has 0 aliphatic heterocycles. The second-order valence-corrected chi connectivity index (χ2v) is 4.65. The van der Waals surface area contributed by atoms with E-state index in [4.69, 9.17) is 5.73 Å². The molecule has 0 saturated carbocycles. The monoisotopic (exact) mass is 298 g/mol. The summed E-state index contributed by atoms with van der Waals surface area (Å²) in [7, 11) is 3.10. The van der Waals surface area contributed by atoms with Gasteiger partial charge in [-0.25, -0.2) is 4.68 Å². The highest BCUT2D eigenvalue weighted by molar-refractivity contribution is 5.98. The lowest BCUT2D eigenvalue weighted by Crippen LogP contribution is -2.23. The molecule has 0 bridgehead atoms. The van der Waals surface area contributed by atoms with E-state index < -0.39 is 11.7 Å². The van der Waals surface area contributed by atoms with Crippen LogP contribution < -0.4 is 5.73 Å². The van der Waals surface area contributed by atoms with Gasteiger partial charge < -0.3 is 10.6 Å². The van der Waals surface area contributed by atoms with Crippen molar-refractivity contribution in [1.29, 1.82) is 0 Å². The number of rotatable bonds is 2. The second kappa shape index (κ2) is 5.12. The third-order valence-corrected chi connectivity index (χ3v) is 2.82. The van der Waals surface area contributed by atoms with E-state index in [0.29, 0.717) is 11.9 Å². The summed E-state index contributed by atoms with van der Waals surface area (Å²) in [4.78, 5) is 13.4. The van der Waals surface area contributed by atoms with Crippen LogP contribution in [0.3, 0.4) is 0 Å². The molecule has 0 radical (unpaired) electrons. The van der Waals surface area contributed by atoms with E-state index in [0.717, 1.165) is 10.9 Å². The van der Waals surface area contributed by atoms with E-state index in [-0.39, 0.29) is 17.2 Å². The maximum absolute atomic E-state index is 12.6. The number of halogens is 3. The number of nitrogen functional groups attached to an aromatic ring is 1. The second-order valence-electron chi connectivity index (χ2n) is 4.65. The molecular weight excluding hydrogens is 285 g/mol. The van der Waals surface area contributed by atoms with Gasteiger partial charge in [-0.15, -0.1) is 0 Å². The predicted molar refractivity (Wildman–Crippen MR) is 71.0 cm³/mol. The van der Waals surface area contributed by atoms with Gasteiger partial charge in [0.2, 0.25) is 0 Å². The standard InChI is InChI=1S/C13H13F3N4O/c1-19(2)12(21)10-4-3-9(17)5-11(10)20-7-8(6-18-20)13(14,15)16/h3-7H,17H2,1-2H3. The largest absolute Gasteiger partial charge is 0.419 e. The molecule has 2 aromatic rings. The number of hydrogen-bond donors (Lipinski definition) is 1. The maximum atomic E-state index is 12.6. The maximum Gasteiger partial charge on any atom is 0.419 e. The summed E-state index contributed by atoms with van der Waals surface area (Å²) >= 11 is 0. The number of nitrogens with two attached hydrogens (primary N) is 1. The van der Waals surface area contributed by atoms with Crippen LogP contribution >= 0.6 is 0 Å². The molecule has 0 atom stereocenters. The molecule has 112 valence electrons. The summed E-state index contributed by atoms with van der Waals surface area (Å²) in [5.41, 5.74) is 5.49. The number of alkyl halides is 3. The van der Waals surface area contributed by atoms with Crippen LogP contribution in [0.15, 0.2) is 30.6 Å². The molecule has 0 saturated heterocycles. The van der Waals surface area contributed by atoms with Crippen LogP contribution in [0.4, 0.5) is 18.9 Å². The Morgan fingerprint density at radius 1 is 1.33 bits per heavy atom. The zero-order valence-corrected chi connectivity index (χ0v) is 11.3. The SMILES string of the molecule is CN(C)C(=O)c1ccc(N)cc1-n1cc(C(F)(F)F)cn1. The molecule has 0 spiro atoms. The fourth-order valence-corrected chi connectivity index (χ4v) is 1.76. The molecule has 2 N–H and O–H groups in total. The first-order chi connectivity index (χ1) is 9.70. The van der Waals surface area contributed by atoms with Gasteiger partial charge in [0.25, 0.3) is 5.91 Å². The molecule has 1 amide bonds. The smallest absolute Gasteiger partial charge is 0.399 e. The average molecular weight is 298 g/mol. The number of aromatic nitrogens is 2. The van der Waals surface area contributed by atoms with E-state index in [1.54, 1.807) is 14.1 Å². The molecule has 0 aliphatic carbocycles. The number of nitrogens with zero attached hydrogens (tertiary/aromatic N) is 3. The van der Waals surface area contributed by atoms with Crippen LogP contribution in [0.5, 0.6) is 0 Å². The Labute approximate surface area is 118 Å². The van der Waals surface area contributed by atoms with Gasteiger partial charge >= 0.3 is 6.18 Å². The van der Waals surface area contributed by atoms with Crippen molar-refractivity contribution in [2.24, 2.45) is 0 Å². The number of carbonyl (C=O) groups excluding carboxylic acids is 1. The summed E-state index contributed by atoms with van der Waals surface area (Å²) < 4.78 is 38.9. The summed E-state index contributed by atoms with van der Waals surface area (Å²) in [5.74, 6) is -0.353. The highest BCUT2D eigenvalue weighted by Crippen LogP contribution is 2.30. The van der Waals surface area contributed by atoms with Crippen molar-refractivity contribution in [2.75, 3.05) is 19.8 Å². The third kappa shape index (κ3) is 2.99. The topological polar surface area (TPSA) is 64.2 Å². The van der Waals surface area contributed by atoms with Gasteiger partial charge in [0.05, 0.1) is 23.0 Å². The lowest BCUT2D eigenvalue weighted by Gasteiger charge is -2.14. The zero-order valence-electron chi connectivity index (χ0n) is 11.3. The minimum Gasteiger partial charge on any atom is -0.399 e. The molecule has 2 rings (SSSR count). The molecule has 0 unspecified atom stereocenters. The van der Waals surface area contributed by atoms with Crippen molar-refractivity contribution in [3.05, 3.63) is 41.7 Å². The minimum atomic E-state index is -4.50. The van der Waals surface area contributed by atoms with Crippen molar-refractivity contribution in [3.63, 3.8) is 0 Å². The molecule has 1 aromatic carbocycles. The molecule has 0 fully saturated rings. The summed E-state index contributed by atoms with van der Waals surface area (Å²) in [6.07, 6.45) is -2.97. The highest BCUT2D eigenvalue weighted by atomic mass is 19.4. The molecule has 8 heteroatoms. The van der Waals surface area contributed by atoms with Crippen LogP contribution in [0.1, 0.15) is 15.9 Å². The van der Waals surface area contributed by atoms with Gasteiger partial charge in [0.15, 0.2) is 0 Å². The van der Waals surface area contributed by atoms with E-state index >= 15 is 0 Å². The summed E-state index contributed by atoms with van der Waals surface area (Å²) in [5, 5.41) is 3.67. The first-order valence-corrected chi connectivity index (χ1v) is 5.93. The third-order valence-electron chi connectivity index (χ3n) is 2.82. The summed E-state index contributed by atoms with van der Waals surface area (Å²) in [6.45, 7) is 0. The number of carbonyl (C=O) groups is 1. The number of hydrogen-bond acceptors (Lipinski definition) is 3. The first kappa shape index (κ1) is 14.9. The number of benzene rings is 1. The lowest BCUT2D eigenvalue weighted by atomic mass is 10.1. The van der Waals surface area contributed by atoms with Gasteiger partial charge in [-0.2, -0.15) is 18.3 Å². The first-order valence-electron chi connectivity index (χ1n) is 5.93. The highest BCUT2D eigenvalue weighted by Gasteiger charge is 2.32. The van der Waals surface area contributed by atoms with Crippen molar-refractivity contribution >= 4 is 11.6 Å². The van der Waals surface area contributed by atoms with Crippen LogP contribution in [-0.4, -0.2) is 34.7 Å². The van der Waals surface area contributed by atoms with E-state index in [1.165, 1.54) is 23.1 Å². The van der Waals surface area contributed by atoms with E-state index in [1.807, 2.05) is 0 Å². The Morgan fingerprint density at radius 2 is 2.00 bits per heavy atom. The van der Waals surface area contributed by atoms with Crippen LogP contribution in [-0.2, 0) is 6.18 Å². The van der Waals surface area contributed by atoms with Gasteiger partial charge in [-0.05, 0) is 18.2 Å². The number of anilines is 1. The Bertz CT molecular complexity index is 676. The summed E-state index contributed by atoms with van der Waals surface area (Å²) in [6, 6.07) is 4.38. The molecular formula is C13H13F3N4O.